The van der Waals surface area contributed by atoms with Crippen LogP contribution in [0.2, 0.25) is 0 Å². The maximum Gasteiger partial charge on any atom is 0.255 e. The zero-order valence-corrected chi connectivity index (χ0v) is 18.9. The number of carbonyl (C=O) groups excluding carboxylic acids is 2. The maximum atomic E-state index is 13.2. The Hall–Kier alpha value is -3.42. The number of rotatable bonds is 9. The third kappa shape index (κ3) is 5.43. The number of carbonyl (C=O) groups is 2. The van der Waals surface area contributed by atoms with Gasteiger partial charge in [-0.1, -0.05) is 18.2 Å². The highest BCUT2D eigenvalue weighted by Gasteiger charge is 2.22. The first-order chi connectivity index (χ1) is 15.4. The molecule has 32 heavy (non-hydrogen) atoms. The molecule has 0 unspecified atom stereocenters. The predicted molar refractivity (Wildman–Crippen MR) is 123 cm³/mol. The predicted octanol–water partition coefficient (Wildman–Crippen LogP) is 2.83. The molecular weight excluding hydrogens is 410 g/mol. The van der Waals surface area contributed by atoms with Crippen LogP contribution in [0, 0.1) is 0 Å². The van der Waals surface area contributed by atoms with Crippen LogP contribution < -0.4 is 24.8 Å². The largest absolute Gasteiger partial charge is 0.493 e. The fraction of sp³-hybridized carbons (Fsp3) is 0.417. The fourth-order valence-electron chi connectivity index (χ4n) is 3.92. The Morgan fingerprint density at radius 2 is 1.66 bits per heavy atom. The van der Waals surface area contributed by atoms with E-state index in [4.69, 9.17) is 19.9 Å². The summed E-state index contributed by atoms with van der Waals surface area (Å²) in [6, 6.07) is 11.4. The van der Waals surface area contributed by atoms with E-state index in [1.54, 1.807) is 24.1 Å². The van der Waals surface area contributed by atoms with Crippen molar-refractivity contribution < 1.29 is 23.8 Å². The highest BCUT2D eigenvalue weighted by Crippen LogP contribution is 2.39. The minimum atomic E-state index is -0.624. The Morgan fingerprint density at radius 3 is 2.25 bits per heavy atom. The molecule has 0 aromatic heterocycles. The van der Waals surface area contributed by atoms with Crippen LogP contribution in [-0.2, 0) is 11.3 Å². The molecule has 8 nitrogen and oxygen atoms in total. The van der Waals surface area contributed by atoms with Crippen LogP contribution in [0.3, 0.4) is 0 Å². The average molecular weight is 442 g/mol. The van der Waals surface area contributed by atoms with Gasteiger partial charge in [-0.3, -0.25) is 9.59 Å². The van der Waals surface area contributed by atoms with Crippen molar-refractivity contribution in [1.29, 1.82) is 0 Å². The van der Waals surface area contributed by atoms with Gasteiger partial charge in [0.25, 0.3) is 11.8 Å². The number of anilines is 1. The van der Waals surface area contributed by atoms with Crippen LogP contribution in [0.5, 0.6) is 17.2 Å². The zero-order chi connectivity index (χ0) is 23.1. The van der Waals surface area contributed by atoms with Crippen molar-refractivity contribution in [2.45, 2.75) is 25.8 Å². The maximum absolute atomic E-state index is 13.2. The Morgan fingerprint density at radius 1 is 1.03 bits per heavy atom. The van der Waals surface area contributed by atoms with E-state index < -0.39 is 5.91 Å². The molecule has 0 spiro atoms. The van der Waals surface area contributed by atoms with Crippen molar-refractivity contribution in [3.8, 4) is 17.2 Å². The van der Waals surface area contributed by atoms with E-state index in [0.29, 0.717) is 12.1 Å². The summed E-state index contributed by atoms with van der Waals surface area (Å²) >= 11 is 0. The van der Waals surface area contributed by atoms with Crippen molar-refractivity contribution in [3.05, 3.63) is 47.5 Å². The minimum Gasteiger partial charge on any atom is -0.493 e. The summed E-state index contributed by atoms with van der Waals surface area (Å²) in [6.45, 7) is 2.22. The molecule has 3 rings (SSSR count). The second-order valence-electron chi connectivity index (χ2n) is 7.80. The molecule has 1 aliphatic heterocycles. The summed E-state index contributed by atoms with van der Waals surface area (Å²) < 4.78 is 16.2. The number of nitrogens with zero attached hydrogens (tertiary/aromatic N) is 2. The van der Waals surface area contributed by atoms with E-state index in [0.717, 1.165) is 18.7 Å². The smallest absolute Gasteiger partial charge is 0.255 e. The van der Waals surface area contributed by atoms with Gasteiger partial charge < -0.3 is 29.7 Å². The lowest BCUT2D eigenvalue weighted by molar-refractivity contribution is -0.120. The molecule has 2 amide bonds. The summed E-state index contributed by atoms with van der Waals surface area (Å²) in [5, 5.41) is 0. The van der Waals surface area contributed by atoms with E-state index in [-0.39, 0.29) is 29.8 Å². The summed E-state index contributed by atoms with van der Waals surface area (Å²) in [4.78, 5) is 28.4. The summed E-state index contributed by atoms with van der Waals surface area (Å²) in [5.74, 6) is -0.00607. The number of hydrogen-bond donors (Lipinski definition) is 1. The normalized spacial score (nSPS) is 13.4. The monoisotopic (exact) mass is 441 g/mol. The van der Waals surface area contributed by atoms with Gasteiger partial charge in [-0.25, -0.2) is 0 Å². The molecule has 1 saturated heterocycles. The molecule has 0 atom stereocenters. The first-order valence-electron chi connectivity index (χ1n) is 10.7. The number of para-hydroxylation sites is 1. The lowest BCUT2D eigenvalue weighted by Crippen LogP contribution is -2.32. The number of ether oxygens (including phenoxy) is 3. The molecule has 0 aliphatic carbocycles. The van der Waals surface area contributed by atoms with Gasteiger partial charge in [0.2, 0.25) is 5.75 Å². The molecule has 1 fully saturated rings. The van der Waals surface area contributed by atoms with Crippen LogP contribution >= 0.6 is 0 Å². The van der Waals surface area contributed by atoms with Gasteiger partial charge in [0.1, 0.15) is 0 Å². The summed E-state index contributed by atoms with van der Waals surface area (Å²) in [7, 11) is 4.68. The van der Waals surface area contributed by atoms with E-state index in [9.17, 15) is 9.59 Å². The quantitative estimate of drug-likeness (QED) is 0.643. The number of methoxy groups -OCH3 is 2. The SMILES string of the molecule is COc1cc(C(=O)N(C)Cc2ccccc2N2CCCCC2)cc(OC)c1OCC(N)=O. The third-order valence-electron chi connectivity index (χ3n) is 5.51. The number of primary amides is 1. The fourth-order valence-corrected chi connectivity index (χ4v) is 3.92. The molecule has 1 heterocycles. The molecule has 2 aromatic rings. The Balaban J connectivity index is 1.82. The van der Waals surface area contributed by atoms with Crippen molar-refractivity contribution in [2.24, 2.45) is 5.73 Å². The summed E-state index contributed by atoms with van der Waals surface area (Å²) in [6.07, 6.45) is 3.64. The van der Waals surface area contributed by atoms with Crippen LogP contribution in [0.1, 0.15) is 35.2 Å². The van der Waals surface area contributed by atoms with Crippen LogP contribution in [0.4, 0.5) is 5.69 Å². The third-order valence-corrected chi connectivity index (χ3v) is 5.51. The van der Waals surface area contributed by atoms with Crippen LogP contribution in [-0.4, -0.2) is 57.7 Å². The van der Waals surface area contributed by atoms with E-state index >= 15 is 0 Å². The van der Waals surface area contributed by atoms with Gasteiger partial charge in [-0.15, -0.1) is 0 Å². The number of benzene rings is 2. The topological polar surface area (TPSA) is 94.3 Å². The lowest BCUT2D eigenvalue weighted by atomic mass is 10.1. The first-order valence-corrected chi connectivity index (χ1v) is 10.7. The van der Waals surface area contributed by atoms with Crippen LogP contribution in [0.25, 0.3) is 0 Å². The second-order valence-corrected chi connectivity index (χ2v) is 7.80. The minimum absolute atomic E-state index is 0.184. The van der Waals surface area contributed by atoms with Crippen molar-refractivity contribution in [1.82, 2.24) is 4.90 Å². The molecule has 0 saturated carbocycles. The van der Waals surface area contributed by atoms with Crippen LogP contribution in [0.15, 0.2) is 36.4 Å². The Labute approximate surface area is 188 Å². The van der Waals surface area contributed by atoms with E-state index in [1.807, 2.05) is 12.1 Å². The van der Waals surface area contributed by atoms with Crippen molar-refractivity contribution in [3.63, 3.8) is 0 Å². The van der Waals surface area contributed by atoms with E-state index in [1.165, 1.54) is 39.2 Å². The molecule has 2 aromatic carbocycles. The summed E-state index contributed by atoms with van der Waals surface area (Å²) in [5.41, 5.74) is 7.84. The van der Waals surface area contributed by atoms with Crippen molar-refractivity contribution in [2.75, 3.05) is 45.9 Å². The highest BCUT2D eigenvalue weighted by atomic mass is 16.5. The molecule has 0 radical (unpaired) electrons. The Kier molecular flexibility index (Phi) is 7.81. The zero-order valence-electron chi connectivity index (χ0n) is 18.9. The molecule has 2 N–H and O–H groups in total. The average Bonchev–Trinajstić information content (AvgIpc) is 2.82. The number of hydrogen-bond acceptors (Lipinski definition) is 6. The molecule has 8 heteroatoms. The molecule has 172 valence electrons. The highest BCUT2D eigenvalue weighted by molar-refractivity contribution is 5.95. The van der Waals surface area contributed by atoms with Crippen molar-refractivity contribution >= 4 is 17.5 Å². The van der Waals surface area contributed by atoms with Gasteiger partial charge in [-0.2, -0.15) is 0 Å². The first kappa shape index (κ1) is 23.2. The second kappa shape index (κ2) is 10.7. The molecular formula is C24H31N3O5. The number of amides is 2. The molecule has 0 bridgehead atoms. The molecule has 1 aliphatic rings. The Bertz CT molecular complexity index is 931. The number of nitrogens with two attached hydrogens (primary N) is 1. The lowest BCUT2D eigenvalue weighted by Gasteiger charge is -2.31. The van der Waals surface area contributed by atoms with Gasteiger partial charge in [0.05, 0.1) is 14.2 Å². The van der Waals surface area contributed by atoms with Gasteiger partial charge in [0, 0.05) is 37.9 Å². The van der Waals surface area contributed by atoms with E-state index in [2.05, 4.69) is 17.0 Å². The van der Waals surface area contributed by atoms with Gasteiger partial charge in [-0.05, 0) is 43.0 Å². The standard InChI is InChI=1S/C24H31N3O5/c1-26(15-17-9-5-6-10-19(17)27-11-7-4-8-12-27)24(29)18-13-20(30-2)23(21(14-18)31-3)32-16-22(25)28/h5-6,9-10,13-14H,4,7-8,11-12,15-16H2,1-3H3,(H2,25,28). The van der Waals surface area contributed by atoms with Gasteiger partial charge in [0.15, 0.2) is 18.1 Å². The number of piperidine rings is 1. The van der Waals surface area contributed by atoms with Gasteiger partial charge >= 0.3 is 0 Å².